The van der Waals surface area contributed by atoms with Gasteiger partial charge < -0.3 is 15.4 Å². The van der Waals surface area contributed by atoms with Gasteiger partial charge in [-0.25, -0.2) is 13.6 Å². The number of ether oxygens (including phenoxy) is 1. The quantitative estimate of drug-likeness (QED) is 0.378. The van der Waals surface area contributed by atoms with Gasteiger partial charge in [-0.3, -0.25) is 4.99 Å². The average Bonchev–Trinajstić information content (AvgIpc) is 2.42. The fraction of sp³-hybridized carbons (Fsp3) is 0.417. The van der Waals surface area contributed by atoms with Crippen LogP contribution < -0.4 is 15.8 Å². The molecule has 0 aromatic heterocycles. The largest absolute Gasteiger partial charge is 0.383 e. The van der Waals surface area contributed by atoms with E-state index in [1.54, 1.807) is 20.2 Å². The molecule has 0 spiro atoms. The highest BCUT2D eigenvalue weighted by molar-refractivity contribution is 7.89. The summed E-state index contributed by atoms with van der Waals surface area (Å²) in [6, 6.07) is 6.46. The van der Waals surface area contributed by atoms with E-state index < -0.39 is 10.0 Å². The maximum Gasteiger partial charge on any atom is 0.238 e. The zero-order chi connectivity index (χ0) is 15.0. The van der Waals surface area contributed by atoms with Gasteiger partial charge >= 0.3 is 0 Å². The van der Waals surface area contributed by atoms with Crippen molar-refractivity contribution in [2.45, 2.75) is 11.4 Å². The molecule has 0 aliphatic carbocycles. The van der Waals surface area contributed by atoms with E-state index in [4.69, 9.17) is 9.88 Å². The highest BCUT2D eigenvalue weighted by Gasteiger charge is 2.07. The first-order chi connectivity index (χ1) is 9.47. The van der Waals surface area contributed by atoms with Gasteiger partial charge in [0.15, 0.2) is 5.96 Å². The Hall–Kier alpha value is -1.64. The van der Waals surface area contributed by atoms with Crippen molar-refractivity contribution in [2.24, 2.45) is 10.1 Å². The molecule has 0 aliphatic heterocycles. The third-order valence-electron chi connectivity index (χ3n) is 2.51. The molecule has 8 heteroatoms. The average molecular weight is 300 g/mol. The minimum absolute atomic E-state index is 0.0964. The number of nitrogens with one attached hydrogen (secondary N) is 2. The standard InChI is InChI=1S/C12H20N4O3S/c1-14-12(15-6-7-19-2)16-9-10-4-3-5-11(8-10)20(13,17)18/h3-5,8H,6-7,9H2,1-2H3,(H2,13,17,18)(H2,14,15,16). The Bertz CT molecular complexity index is 558. The van der Waals surface area contributed by atoms with E-state index in [0.717, 1.165) is 5.56 Å². The van der Waals surface area contributed by atoms with Crippen LogP contribution in [0.15, 0.2) is 34.2 Å². The second kappa shape index (κ2) is 7.83. The molecule has 0 heterocycles. The van der Waals surface area contributed by atoms with Crippen LogP contribution in [0.25, 0.3) is 0 Å². The van der Waals surface area contributed by atoms with Crippen LogP contribution in [-0.2, 0) is 21.3 Å². The molecule has 0 fully saturated rings. The van der Waals surface area contributed by atoms with Crippen LogP contribution in [0.2, 0.25) is 0 Å². The Morgan fingerprint density at radius 3 is 2.75 bits per heavy atom. The fourth-order valence-corrected chi connectivity index (χ4v) is 2.09. The summed E-state index contributed by atoms with van der Waals surface area (Å²) in [5, 5.41) is 11.2. The summed E-state index contributed by atoms with van der Waals surface area (Å²) in [5.74, 6) is 0.614. The number of rotatable bonds is 6. The molecule has 1 aromatic carbocycles. The van der Waals surface area contributed by atoms with Crippen LogP contribution in [0.3, 0.4) is 0 Å². The predicted octanol–water partition coefficient (Wildman–Crippen LogP) is -0.355. The van der Waals surface area contributed by atoms with Crippen molar-refractivity contribution in [1.82, 2.24) is 10.6 Å². The molecule has 20 heavy (non-hydrogen) atoms. The number of nitrogens with zero attached hydrogens (tertiary/aromatic N) is 1. The Balaban J connectivity index is 2.61. The van der Waals surface area contributed by atoms with Gasteiger partial charge in [0.05, 0.1) is 11.5 Å². The summed E-state index contributed by atoms with van der Waals surface area (Å²) >= 11 is 0. The van der Waals surface area contributed by atoms with Crippen LogP contribution in [-0.4, -0.2) is 41.7 Å². The van der Waals surface area contributed by atoms with Gasteiger partial charge in [-0.05, 0) is 17.7 Å². The lowest BCUT2D eigenvalue weighted by atomic mass is 10.2. The lowest BCUT2D eigenvalue weighted by molar-refractivity contribution is 0.203. The highest BCUT2D eigenvalue weighted by atomic mass is 32.2. The molecule has 0 aliphatic rings. The Labute approximate surface area is 119 Å². The molecule has 0 saturated carbocycles. The van der Waals surface area contributed by atoms with E-state index in [1.807, 2.05) is 6.07 Å². The molecule has 1 rings (SSSR count). The second-order valence-electron chi connectivity index (χ2n) is 4.04. The van der Waals surface area contributed by atoms with Gasteiger partial charge in [0.1, 0.15) is 0 Å². The normalized spacial score (nSPS) is 12.2. The highest BCUT2D eigenvalue weighted by Crippen LogP contribution is 2.09. The summed E-state index contributed by atoms with van der Waals surface area (Å²) in [6.07, 6.45) is 0. The minimum atomic E-state index is -3.68. The number of primary sulfonamides is 1. The van der Waals surface area contributed by atoms with Crippen LogP contribution >= 0.6 is 0 Å². The molecule has 112 valence electrons. The van der Waals surface area contributed by atoms with E-state index in [9.17, 15) is 8.42 Å². The van der Waals surface area contributed by atoms with Crippen molar-refractivity contribution in [3.05, 3.63) is 29.8 Å². The first kappa shape index (κ1) is 16.4. The lowest BCUT2D eigenvalue weighted by Crippen LogP contribution is -2.38. The van der Waals surface area contributed by atoms with Gasteiger partial charge in [-0.2, -0.15) is 0 Å². The number of nitrogens with two attached hydrogens (primary N) is 1. The molecular weight excluding hydrogens is 280 g/mol. The Morgan fingerprint density at radius 1 is 1.40 bits per heavy atom. The third-order valence-corrected chi connectivity index (χ3v) is 3.42. The molecule has 0 atom stereocenters. The lowest BCUT2D eigenvalue weighted by Gasteiger charge is -2.11. The predicted molar refractivity (Wildman–Crippen MR) is 77.9 cm³/mol. The number of sulfonamides is 1. The van der Waals surface area contributed by atoms with Gasteiger partial charge in [0.2, 0.25) is 10.0 Å². The number of benzene rings is 1. The zero-order valence-corrected chi connectivity index (χ0v) is 12.4. The summed E-state index contributed by atoms with van der Waals surface area (Å²) in [5.41, 5.74) is 0.797. The third kappa shape index (κ3) is 5.55. The van der Waals surface area contributed by atoms with Crippen LogP contribution in [0.1, 0.15) is 5.56 Å². The molecular formula is C12H20N4O3S. The molecule has 0 amide bonds. The van der Waals surface area contributed by atoms with Crippen molar-refractivity contribution in [3.8, 4) is 0 Å². The van der Waals surface area contributed by atoms with Crippen molar-refractivity contribution >= 4 is 16.0 Å². The topological polar surface area (TPSA) is 106 Å². The first-order valence-electron chi connectivity index (χ1n) is 6.02. The maximum absolute atomic E-state index is 11.3. The smallest absolute Gasteiger partial charge is 0.238 e. The minimum Gasteiger partial charge on any atom is -0.383 e. The molecule has 7 nitrogen and oxygen atoms in total. The summed E-state index contributed by atoms with van der Waals surface area (Å²) in [4.78, 5) is 4.14. The summed E-state index contributed by atoms with van der Waals surface area (Å²) in [6.45, 7) is 1.64. The molecule has 0 saturated heterocycles. The van der Waals surface area contributed by atoms with Crippen molar-refractivity contribution in [1.29, 1.82) is 0 Å². The van der Waals surface area contributed by atoms with Gasteiger partial charge in [-0.15, -0.1) is 0 Å². The van der Waals surface area contributed by atoms with Crippen molar-refractivity contribution < 1.29 is 13.2 Å². The molecule has 1 aromatic rings. The van der Waals surface area contributed by atoms with Crippen molar-refractivity contribution in [2.75, 3.05) is 27.3 Å². The van der Waals surface area contributed by atoms with E-state index >= 15 is 0 Å². The van der Waals surface area contributed by atoms with E-state index in [-0.39, 0.29) is 4.90 Å². The van der Waals surface area contributed by atoms with E-state index in [0.29, 0.717) is 25.7 Å². The van der Waals surface area contributed by atoms with E-state index in [2.05, 4.69) is 15.6 Å². The van der Waals surface area contributed by atoms with Gasteiger partial charge in [0, 0.05) is 27.2 Å². The monoisotopic (exact) mass is 300 g/mol. The maximum atomic E-state index is 11.3. The van der Waals surface area contributed by atoms with Gasteiger partial charge in [0.25, 0.3) is 0 Å². The number of hydrogen-bond donors (Lipinski definition) is 3. The van der Waals surface area contributed by atoms with Crippen LogP contribution in [0.5, 0.6) is 0 Å². The number of guanidine groups is 1. The molecule has 4 N–H and O–H groups in total. The molecule has 0 unspecified atom stereocenters. The first-order valence-corrected chi connectivity index (χ1v) is 7.57. The van der Waals surface area contributed by atoms with Crippen LogP contribution in [0, 0.1) is 0 Å². The zero-order valence-electron chi connectivity index (χ0n) is 11.6. The Morgan fingerprint density at radius 2 is 2.15 bits per heavy atom. The SMILES string of the molecule is CN=C(NCCOC)NCc1cccc(S(N)(=O)=O)c1. The van der Waals surface area contributed by atoms with E-state index in [1.165, 1.54) is 12.1 Å². The Kier molecular flexibility index (Phi) is 6.43. The van der Waals surface area contributed by atoms with Crippen molar-refractivity contribution in [3.63, 3.8) is 0 Å². The number of methoxy groups -OCH3 is 1. The van der Waals surface area contributed by atoms with Gasteiger partial charge in [-0.1, -0.05) is 12.1 Å². The number of aliphatic imine (C=N–C) groups is 1. The number of hydrogen-bond acceptors (Lipinski definition) is 4. The fourth-order valence-electron chi connectivity index (χ4n) is 1.51. The molecule has 0 bridgehead atoms. The summed E-state index contributed by atoms with van der Waals surface area (Å²) in [7, 11) is -0.400. The van der Waals surface area contributed by atoms with Crippen LogP contribution in [0.4, 0.5) is 0 Å². The molecule has 0 radical (unpaired) electrons. The second-order valence-corrected chi connectivity index (χ2v) is 5.60. The summed E-state index contributed by atoms with van der Waals surface area (Å²) < 4.78 is 27.4.